The Labute approximate surface area is 219 Å². The number of pyridine rings is 1. The molecule has 0 saturated carbocycles. The molecule has 4 heterocycles. The molecular formula is C29H28FN5O3. The van der Waals surface area contributed by atoms with Gasteiger partial charge in [0.1, 0.15) is 5.69 Å². The summed E-state index contributed by atoms with van der Waals surface area (Å²) in [5, 5.41) is 8.87. The van der Waals surface area contributed by atoms with Crippen molar-refractivity contribution in [3.05, 3.63) is 71.7 Å². The second-order valence-electron chi connectivity index (χ2n) is 9.72. The molecule has 0 aliphatic carbocycles. The summed E-state index contributed by atoms with van der Waals surface area (Å²) < 4.78 is 31.1. The van der Waals surface area contributed by atoms with E-state index in [1.165, 1.54) is 6.92 Å². The molecule has 0 amide bonds. The van der Waals surface area contributed by atoms with Crippen molar-refractivity contribution in [3.63, 3.8) is 0 Å². The standard InChI is InChI=1S/C29H28FN5O3/c1-17(36)21-9-10-22-25-23(15-20(16-31-25)27-29(37-3)32-33-34(27)2)35(28(22)24(21)30)26(18-7-5-4-6-8-18)19-11-13-38-14-12-19/h4-10,15-16,19,26H,11-14H2,1-3H3/t26-/m1/s1. The smallest absolute Gasteiger partial charge is 0.261 e. The third kappa shape index (κ3) is 3.85. The summed E-state index contributed by atoms with van der Waals surface area (Å²) in [6.45, 7) is 2.68. The summed E-state index contributed by atoms with van der Waals surface area (Å²) in [6.07, 6.45) is 3.40. The highest BCUT2D eigenvalue weighted by Gasteiger charge is 2.32. The molecule has 5 aromatic rings. The molecule has 38 heavy (non-hydrogen) atoms. The maximum absolute atomic E-state index is 16.3. The number of aryl methyl sites for hydroxylation is 1. The van der Waals surface area contributed by atoms with Crippen LogP contribution in [0.5, 0.6) is 5.88 Å². The number of benzene rings is 2. The summed E-state index contributed by atoms with van der Waals surface area (Å²) in [4.78, 5) is 17.2. The minimum absolute atomic E-state index is 0.0677. The Morgan fingerprint density at radius 3 is 2.63 bits per heavy atom. The average Bonchev–Trinajstić information content (AvgIpc) is 3.48. The van der Waals surface area contributed by atoms with Gasteiger partial charge in [0.15, 0.2) is 11.6 Å². The van der Waals surface area contributed by atoms with Gasteiger partial charge in [-0.15, -0.1) is 0 Å². The number of aromatic nitrogens is 5. The van der Waals surface area contributed by atoms with Crippen LogP contribution in [-0.4, -0.2) is 50.7 Å². The Morgan fingerprint density at radius 1 is 1.16 bits per heavy atom. The Morgan fingerprint density at radius 2 is 1.92 bits per heavy atom. The van der Waals surface area contributed by atoms with Crippen LogP contribution in [0.2, 0.25) is 0 Å². The Balaban J connectivity index is 1.72. The molecule has 1 aliphatic heterocycles. The van der Waals surface area contributed by atoms with Gasteiger partial charge in [-0.05, 0) is 49.4 Å². The molecule has 0 spiro atoms. The molecule has 0 radical (unpaired) electrons. The fourth-order valence-corrected chi connectivity index (χ4v) is 5.75. The summed E-state index contributed by atoms with van der Waals surface area (Å²) in [7, 11) is 3.34. The first kappa shape index (κ1) is 24.2. The number of ketones is 1. The summed E-state index contributed by atoms with van der Waals surface area (Å²) in [5.74, 6) is -0.266. The highest BCUT2D eigenvalue weighted by Crippen LogP contribution is 2.42. The van der Waals surface area contributed by atoms with Crippen LogP contribution >= 0.6 is 0 Å². The van der Waals surface area contributed by atoms with Gasteiger partial charge in [0.2, 0.25) is 0 Å². The quantitative estimate of drug-likeness (QED) is 0.285. The molecule has 9 heteroatoms. The lowest BCUT2D eigenvalue weighted by Crippen LogP contribution is -2.27. The topological polar surface area (TPSA) is 84.1 Å². The van der Waals surface area contributed by atoms with Crippen molar-refractivity contribution in [1.82, 2.24) is 24.5 Å². The third-order valence-corrected chi connectivity index (χ3v) is 7.51. The lowest BCUT2D eigenvalue weighted by atomic mass is 9.86. The molecule has 1 atom stereocenters. The van der Waals surface area contributed by atoms with Crippen LogP contribution in [0.25, 0.3) is 33.2 Å². The van der Waals surface area contributed by atoms with E-state index in [0.717, 1.165) is 29.5 Å². The molecule has 0 bridgehead atoms. The molecule has 2 aromatic carbocycles. The van der Waals surface area contributed by atoms with Crippen molar-refractivity contribution in [2.75, 3.05) is 20.3 Å². The maximum Gasteiger partial charge on any atom is 0.261 e. The van der Waals surface area contributed by atoms with Gasteiger partial charge in [0.05, 0.1) is 35.3 Å². The van der Waals surface area contributed by atoms with Crippen molar-refractivity contribution in [3.8, 4) is 17.1 Å². The fraction of sp³-hybridized carbons (Fsp3) is 0.310. The average molecular weight is 514 g/mol. The number of nitrogens with zero attached hydrogens (tertiary/aromatic N) is 5. The zero-order chi connectivity index (χ0) is 26.4. The second-order valence-corrected chi connectivity index (χ2v) is 9.72. The van der Waals surface area contributed by atoms with E-state index in [1.54, 1.807) is 37.2 Å². The molecule has 0 N–H and O–H groups in total. The van der Waals surface area contributed by atoms with Crippen LogP contribution in [0.1, 0.15) is 41.7 Å². The van der Waals surface area contributed by atoms with Crippen molar-refractivity contribution >= 4 is 27.7 Å². The van der Waals surface area contributed by atoms with Crippen LogP contribution in [0.4, 0.5) is 4.39 Å². The number of hydrogen-bond donors (Lipinski definition) is 0. The van der Waals surface area contributed by atoms with Gasteiger partial charge < -0.3 is 14.0 Å². The number of carbonyl (C=O) groups is 1. The van der Waals surface area contributed by atoms with Crippen molar-refractivity contribution < 1.29 is 18.7 Å². The Bertz CT molecular complexity index is 1650. The zero-order valence-electron chi connectivity index (χ0n) is 21.5. The lowest BCUT2D eigenvalue weighted by Gasteiger charge is -2.33. The normalized spacial score (nSPS) is 15.3. The van der Waals surface area contributed by atoms with Gasteiger partial charge >= 0.3 is 0 Å². The number of rotatable bonds is 6. The van der Waals surface area contributed by atoms with Crippen LogP contribution in [0.15, 0.2) is 54.7 Å². The molecule has 0 unspecified atom stereocenters. The van der Waals surface area contributed by atoms with Crippen LogP contribution in [-0.2, 0) is 11.8 Å². The van der Waals surface area contributed by atoms with Crippen LogP contribution in [0, 0.1) is 11.7 Å². The van der Waals surface area contributed by atoms with Crippen LogP contribution in [0.3, 0.4) is 0 Å². The van der Waals surface area contributed by atoms with E-state index in [4.69, 9.17) is 14.5 Å². The van der Waals surface area contributed by atoms with Crippen LogP contribution < -0.4 is 4.74 Å². The van der Waals surface area contributed by atoms with Crippen molar-refractivity contribution in [2.24, 2.45) is 13.0 Å². The third-order valence-electron chi connectivity index (χ3n) is 7.51. The first-order valence-electron chi connectivity index (χ1n) is 12.7. The zero-order valence-corrected chi connectivity index (χ0v) is 21.5. The number of ether oxygens (including phenoxy) is 2. The number of carbonyl (C=O) groups excluding carboxylic acids is 1. The SMILES string of the molecule is COc1nnn(C)c1-c1cnc2c3ccc(C(C)=O)c(F)c3n([C@H](c3ccccc3)C3CCOCC3)c2c1. The molecular weight excluding hydrogens is 485 g/mol. The molecule has 1 saturated heterocycles. The Hall–Kier alpha value is -4.11. The minimum Gasteiger partial charge on any atom is -0.478 e. The fourth-order valence-electron chi connectivity index (χ4n) is 5.75. The summed E-state index contributed by atoms with van der Waals surface area (Å²) in [6, 6.07) is 15.3. The maximum atomic E-state index is 16.3. The number of hydrogen-bond acceptors (Lipinski definition) is 6. The largest absolute Gasteiger partial charge is 0.478 e. The van der Waals surface area contributed by atoms with Crippen molar-refractivity contribution in [1.29, 1.82) is 0 Å². The van der Waals surface area contributed by atoms with Crippen molar-refractivity contribution in [2.45, 2.75) is 25.8 Å². The van der Waals surface area contributed by atoms with E-state index in [1.807, 2.05) is 28.8 Å². The first-order valence-corrected chi connectivity index (χ1v) is 12.7. The molecule has 1 aliphatic rings. The van der Waals surface area contributed by atoms with E-state index in [0.29, 0.717) is 41.2 Å². The predicted molar refractivity (Wildman–Crippen MR) is 142 cm³/mol. The van der Waals surface area contributed by atoms with Gasteiger partial charge in [-0.3, -0.25) is 9.78 Å². The second kappa shape index (κ2) is 9.64. The molecule has 194 valence electrons. The lowest BCUT2D eigenvalue weighted by molar-refractivity contribution is 0.0552. The van der Waals surface area contributed by atoms with E-state index in [-0.39, 0.29) is 23.3 Å². The number of fused-ring (bicyclic) bond motifs is 3. The van der Waals surface area contributed by atoms with E-state index in [2.05, 4.69) is 22.4 Å². The highest BCUT2D eigenvalue weighted by atomic mass is 19.1. The molecule has 6 rings (SSSR count). The number of halogens is 1. The number of methoxy groups -OCH3 is 1. The number of Topliss-reactive ketones (excluding diaryl/α,β-unsaturated/α-hetero) is 1. The molecule has 3 aromatic heterocycles. The highest BCUT2D eigenvalue weighted by molar-refractivity contribution is 6.09. The summed E-state index contributed by atoms with van der Waals surface area (Å²) in [5.41, 5.74) is 4.37. The predicted octanol–water partition coefficient (Wildman–Crippen LogP) is 5.35. The molecule has 1 fully saturated rings. The van der Waals surface area contributed by atoms with Gasteiger partial charge in [-0.1, -0.05) is 40.6 Å². The van der Waals surface area contributed by atoms with E-state index >= 15 is 4.39 Å². The molecule has 8 nitrogen and oxygen atoms in total. The van der Waals surface area contributed by atoms with E-state index < -0.39 is 5.82 Å². The van der Waals surface area contributed by atoms with Gasteiger partial charge in [0, 0.05) is 37.4 Å². The Kier molecular flexibility index (Phi) is 6.15. The van der Waals surface area contributed by atoms with Gasteiger partial charge in [0.25, 0.3) is 5.88 Å². The first-order chi connectivity index (χ1) is 18.5. The monoisotopic (exact) mass is 513 g/mol. The minimum atomic E-state index is -0.526. The summed E-state index contributed by atoms with van der Waals surface area (Å²) >= 11 is 0. The van der Waals surface area contributed by atoms with Gasteiger partial charge in [-0.25, -0.2) is 9.07 Å². The van der Waals surface area contributed by atoms with Gasteiger partial charge in [-0.2, -0.15) is 0 Å². The van der Waals surface area contributed by atoms with E-state index in [9.17, 15) is 4.79 Å².